The van der Waals surface area contributed by atoms with E-state index < -0.39 is 0 Å². The third-order valence-corrected chi connectivity index (χ3v) is 1.91. The molecule has 1 aliphatic heterocycles. The van der Waals surface area contributed by atoms with Gasteiger partial charge in [-0.15, -0.1) is 0 Å². The van der Waals surface area contributed by atoms with Crippen molar-refractivity contribution in [1.29, 1.82) is 0 Å². The van der Waals surface area contributed by atoms with Gasteiger partial charge in [0.2, 0.25) is 0 Å². The zero-order chi connectivity index (χ0) is 5.40. The maximum Gasteiger partial charge on any atom is 0.0591 e. The minimum Gasteiger partial charge on any atom is -0.380 e. The van der Waals surface area contributed by atoms with E-state index in [2.05, 4.69) is 5.32 Å². The molecule has 0 aromatic rings. The van der Waals surface area contributed by atoms with Crippen LogP contribution in [0.25, 0.3) is 0 Å². The third-order valence-electron chi connectivity index (χ3n) is 1.91. The van der Waals surface area contributed by atoms with E-state index in [1.165, 1.54) is 6.42 Å². The quantitative estimate of drug-likeness (QED) is 0.477. The predicted molar refractivity (Wildman–Crippen MR) is 30.7 cm³/mol. The molecule has 2 fully saturated rings. The average molecular weight is 113 g/mol. The Hall–Kier alpha value is -0.0800. The summed E-state index contributed by atoms with van der Waals surface area (Å²) in [4.78, 5) is 0. The van der Waals surface area contributed by atoms with Gasteiger partial charge in [-0.3, -0.25) is 0 Å². The van der Waals surface area contributed by atoms with Crippen LogP contribution in [0.2, 0.25) is 0 Å². The van der Waals surface area contributed by atoms with Crippen molar-refractivity contribution < 1.29 is 4.74 Å². The molecule has 2 rings (SSSR count). The lowest BCUT2D eigenvalue weighted by atomic mass is 10.4. The monoisotopic (exact) mass is 113 g/mol. The molecule has 0 spiro atoms. The van der Waals surface area contributed by atoms with E-state index in [1.807, 2.05) is 0 Å². The predicted octanol–water partition coefficient (Wildman–Crippen LogP) is -0.00530. The summed E-state index contributed by atoms with van der Waals surface area (Å²) in [6.07, 6.45) is 1.35. The molecule has 1 heterocycles. The molecule has 1 saturated heterocycles. The standard InChI is InChI=1S/C6H11NO/c1-2-8-4-5-3-6(5)7-1/h5-7H,1-4H2/t5-,6-/m1/s1. The van der Waals surface area contributed by atoms with Gasteiger partial charge in [0.05, 0.1) is 13.2 Å². The van der Waals surface area contributed by atoms with Crippen molar-refractivity contribution in [1.82, 2.24) is 5.32 Å². The molecule has 0 amide bonds. The van der Waals surface area contributed by atoms with Gasteiger partial charge in [0.15, 0.2) is 0 Å². The zero-order valence-electron chi connectivity index (χ0n) is 4.89. The summed E-state index contributed by atoms with van der Waals surface area (Å²) in [7, 11) is 0. The summed E-state index contributed by atoms with van der Waals surface area (Å²) in [5.74, 6) is 0.859. The van der Waals surface area contributed by atoms with Gasteiger partial charge in [-0.05, 0) is 12.3 Å². The highest BCUT2D eigenvalue weighted by Crippen LogP contribution is 2.31. The van der Waals surface area contributed by atoms with Crippen LogP contribution in [0.15, 0.2) is 0 Å². The first-order chi connectivity index (χ1) is 3.97. The number of rotatable bonds is 0. The Kier molecular flexibility index (Phi) is 1.02. The van der Waals surface area contributed by atoms with E-state index in [-0.39, 0.29) is 0 Å². The Morgan fingerprint density at radius 1 is 1.50 bits per heavy atom. The van der Waals surface area contributed by atoms with Crippen LogP contribution in [-0.2, 0) is 4.74 Å². The molecule has 2 aliphatic rings. The fraction of sp³-hybridized carbons (Fsp3) is 1.00. The van der Waals surface area contributed by atoms with Crippen LogP contribution in [0.4, 0.5) is 0 Å². The van der Waals surface area contributed by atoms with Gasteiger partial charge in [-0.1, -0.05) is 0 Å². The molecule has 2 atom stereocenters. The molecule has 0 aromatic heterocycles. The first-order valence-electron chi connectivity index (χ1n) is 3.28. The minimum atomic E-state index is 0.817. The molecule has 8 heavy (non-hydrogen) atoms. The van der Waals surface area contributed by atoms with Crippen LogP contribution >= 0.6 is 0 Å². The van der Waals surface area contributed by atoms with Gasteiger partial charge in [-0.2, -0.15) is 0 Å². The van der Waals surface area contributed by atoms with Crippen molar-refractivity contribution in [2.24, 2.45) is 5.92 Å². The summed E-state index contributed by atoms with van der Waals surface area (Å²) in [6.45, 7) is 2.96. The van der Waals surface area contributed by atoms with Gasteiger partial charge in [-0.25, -0.2) is 0 Å². The molecule has 46 valence electrons. The maximum absolute atomic E-state index is 5.29. The Labute approximate surface area is 49.2 Å². The number of hydrogen-bond donors (Lipinski definition) is 1. The van der Waals surface area contributed by atoms with Crippen molar-refractivity contribution in [2.45, 2.75) is 12.5 Å². The summed E-state index contributed by atoms with van der Waals surface area (Å²) in [5, 5.41) is 3.39. The molecule has 0 unspecified atom stereocenters. The first-order valence-corrected chi connectivity index (χ1v) is 3.28. The number of nitrogens with one attached hydrogen (secondary N) is 1. The molecule has 2 nitrogen and oxygen atoms in total. The summed E-state index contributed by atoms with van der Waals surface area (Å²) in [5.41, 5.74) is 0. The molecule has 1 aliphatic carbocycles. The Morgan fingerprint density at radius 3 is 3.50 bits per heavy atom. The van der Waals surface area contributed by atoms with Crippen LogP contribution in [0.1, 0.15) is 6.42 Å². The number of hydrogen-bond acceptors (Lipinski definition) is 2. The minimum absolute atomic E-state index is 0.817. The Morgan fingerprint density at radius 2 is 2.50 bits per heavy atom. The fourth-order valence-corrected chi connectivity index (χ4v) is 1.23. The maximum atomic E-state index is 5.29. The molecule has 0 bridgehead atoms. The van der Waals surface area contributed by atoms with E-state index in [4.69, 9.17) is 4.74 Å². The highest BCUT2D eigenvalue weighted by molar-refractivity contribution is 4.93. The van der Waals surface area contributed by atoms with E-state index in [0.29, 0.717) is 0 Å². The van der Waals surface area contributed by atoms with Gasteiger partial charge < -0.3 is 10.1 Å². The van der Waals surface area contributed by atoms with E-state index in [0.717, 1.165) is 31.7 Å². The van der Waals surface area contributed by atoms with Gasteiger partial charge >= 0.3 is 0 Å². The largest absolute Gasteiger partial charge is 0.380 e. The molecule has 2 heteroatoms. The first kappa shape index (κ1) is 4.77. The van der Waals surface area contributed by atoms with Crippen LogP contribution in [0, 0.1) is 5.92 Å². The molecule has 0 aromatic carbocycles. The smallest absolute Gasteiger partial charge is 0.0591 e. The van der Waals surface area contributed by atoms with Gasteiger partial charge in [0.25, 0.3) is 0 Å². The lowest BCUT2D eigenvalue weighted by Gasteiger charge is -1.96. The van der Waals surface area contributed by atoms with E-state index >= 15 is 0 Å². The number of fused-ring (bicyclic) bond motifs is 1. The molecule has 1 N–H and O–H groups in total. The molecule has 0 radical (unpaired) electrons. The van der Waals surface area contributed by atoms with Crippen molar-refractivity contribution >= 4 is 0 Å². The van der Waals surface area contributed by atoms with Crippen LogP contribution in [0.5, 0.6) is 0 Å². The summed E-state index contributed by atoms with van der Waals surface area (Å²) >= 11 is 0. The summed E-state index contributed by atoms with van der Waals surface area (Å²) in [6, 6.07) is 0.817. The Bertz CT molecular complexity index is 84.5. The van der Waals surface area contributed by atoms with Crippen molar-refractivity contribution in [3.05, 3.63) is 0 Å². The van der Waals surface area contributed by atoms with Crippen LogP contribution < -0.4 is 5.32 Å². The second-order valence-electron chi connectivity index (χ2n) is 2.63. The topological polar surface area (TPSA) is 21.3 Å². The van der Waals surface area contributed by atoms with Gasteiger partial charge in [0, 0.05) is 12.6 Å². The Balaban J connectivity index is 1.89. The van der Waals surface area contributed by atoms with Crippen LogP contribution in [0.3, 0.4) is 0 Å². The lowest BCUT2D eigenvalue weighted by Crippen LogP contribution is -2.19. The van der Waals surface area contributed by atoms with Crippen molar-refractivity contribution in [2.75, 3.05) is 19.8 Å². The van der Waals surface area contributed by atoms with E-state index in [9.17, 15) is 0 Å². The second-order valence-corrected chi connectivity index (χ2v) is 2.63. The highest BCUT2D eigenvalue weighted by atomic mass is 16.5. The third kappa shape index (κ3) is 0.740. The molecular formula is C6H11NO. The lowest BCUT2D eigenvalue weighted by molar-refractivity contribution is 0.138. The molecular weight excluding hydrogens is 102 g/mol. The molecule has 1 saturated carbocycles. The van der Waals surface area contributed by atoms with Crippen molar-refractivity contribution in [3.63, 3.8) is 0 Å². The van der Waals surface area contributed by atoms with Gasteiger partial charge in [0.1, 0.15) is 0 Å². The van der Waals surface area contributed by atoms with E-state index in [1.54, 1.807) is 0 Å². The van der Waals surface area contributed by atoms with Crippen LogP contribution in [-0.4, -0.2) is 25.8 Å². The second kappa shape index (κ2) is 1.71. The normalized spacial score (nSPS) is 45.0. The number of ether oxygens (including phenoxy) is 1. The van der Waals surface area contributed by atoms with Crippen molar-refractivity contribution in [3.8, 4) is 0 Å². The highest BCUT2D eigenvalue weighted by Gasteiger charge is 2.37. The fourth-order valence-electron chi connectivity index (χ4n) is 1.23. The zero-order valence-corrected chi connectivity index (χ0v) is 4.89. The average Bonchev–Trinajstić information content (AvgIpc) is 2.36. The summed E-state index contributed by atoms with van der Waals surface area (Å²) < 4.78 is 5.29. The SMILES string of the molecule is C1COC[C@H]2C[C@H]2N1.